The van der Waals surface area contributed by atoms with Crippen LogP contribution in [-0.2, 0) is 17.6 Å². The first kappa shape index (κ1) is 16.1. The van der Waals surface area contributed by atoms with E-state index in [0.29, 0.717) is 6.42 Å². The maximum atomic E-state index is 12.6. The number of carbonyl (C=O) groups excluding carboxylic acids is 1. The van der Waals surface area contributed by atoms with E-state index >= 15 is 0 Å². The Morgan fingerprint density at radius 2 is 1.64 bits per heavy atom. The number of benzene rings is 2. The maximum absolute atomic E-state index is 12.6. The van der Waals surface area contributed by atoms with Gasteiger partial charge in [-0.15, -0.1) is 0 Å². The normalized spacial score (nSPS) is 18.3. The fourth-order valence-corrected chi connectivity index (χ4v) is 4.41. The summed E-state index contributed by atoms with van der Waals surface area (Å²) in [5, 5.41) is 3.22. The molecule has 2 aromatic carbocycles. The SMILES string of the molecule is O=C(Cc1ccccc1)NC1=CC2(CCCCC2)Cc2ccccc21. The molecule has 4 rings (SSSR count). The summed E-state index contributed by atoms with van der Waals surface area (Å²) in [5.41, 5.74) is 4.88. The average Bonchev–Trinajstić information content (AvgIpc) is 2.63. The molecule has 0 heterocycles. The maximum Gasteiger partial charge on any atom is 0.228 e. The van der Waals surface area contributed by atoms with E-state index in [2.05, 4.69) is 35.7 Å². The number of rotatable bonds is 3. The number of carbonyl (C=O) groups is 1. The highest BCUT2D eigenvalue weighted by Crippen LogP contribution is 2.45. The molecule has 128 valence electrons. The second-order valence-electron chi connectivity index (χ2n) is 7.53. The molecule has 0 bridgehead atoms. The molecule has 0 aliphatic heterocycles. The first-order chi connectivity index (χ1) is 12.2. The third-order valence-electron chi connectivity index (χ3n) is 5.63. The molecule has 2 aliphatic carbocycles. The van der Waals surface area contributed by atoms with E-state index in [9.17, 15) is 4.79 Å². The van der Waals surface area contributed by atoms with Gasteiger partial charge in [-0.2, -0.15) is 0 Å². The van der Waals surface area contributed by atoms with Crippen LogP contribution in [0.2, 0.25) is 0 Å². The van der Waals surface area contributed by atoms with Crippen LogP contribution in [0.1, 0.15) is 48.8 Å². The summed E-state index contributed by atoms with van der Waals surface area (Å²) >= 11 is 0. The van der Waals surface area contributed by atoms with Crippen molar-refractivity contribution in [3.05, 3.63) is 77.4 Å². The van der Waals surface area contributed by atoms with Crippen LogP contribution in [0.3, 0.4) is 0 Å². The highest BCUT2D eigenvalue weighted by Gasteiger charge is 2.35. The van der Waals surface area contributed by atoms with Crippen molar-refractivity contribution in [2.24, 2.45) is 5.41 Å². The average molecular weight is 331 g/mol. The minimum atomic E-state index is 0.0695. The van der Waals surface area contributed by atoms with Gasteiger partial charge in [0.05, 0.1) is 6.42 Å². The quantitative estimate of drug-likeness (QED) is 0.852. The Labute approximate surface area is 150 Å². The van der Waals surface area contributed by atoms with Crippen LogP contribution in [0.15, 0.2) is 60.7 Å². The van der Waals surface area contributed by atoms with Gasteiger partial charge >= 0.3 is 0 Å². The molecule has 1 fully saturated rings. The largest absolute Gasteiger partial charge is 0.326 e. The minimum absolute atomic E-state index is 0.0695. The van der Waals surface area contributed by atoms with Crippen LogP contribution in [0.4, 0.5) is 0 Å². The summed E-state index contributed by atoms with van der Waals surface area (Å²) < 4.78 is 0. The number of hydrogen-bond acceptors (Lipinski definition) is 1. The van der Waals surface area contributed by atoms with Crippen molar-refractivity contribution < 1.29 is 4.79 Å². The number of fused-ring (bicyclic) bond motifs is 1. The summed E-state index contributed by atoms with van der Waals surface area (Å²) in [5.74, 6) is 0.0695. The predicted octanol–water partition coefficient (Wildman–Crippen LogP) is 4.89. The van der Waals surface area contributed by atoms with E-state index in [-0.39, 0.29) is 11.3 Å². The topological polar surface area (TPSA) is 29.1 Å². The van der Waals surface area contributed by atoms with Crippen molar-refractivity contribution in [3.63, 3.8) is 0 Å². The Bertz CT molecular complexity index is 785. The van der Waals surface area contributed by atoms with Crippen molar-refractivity contribution in [1.82, 2.24) is 5.32 Å². The Morgan fingerprint density at radius 1 is 0.920 bits per heavy atom. The zero-order valence-electron chi connectivity index (χ0n) is 14.6. The van der Waals surface area contributed by atoms with Gasteiger partial charge in [-0.05, 0) is 35.8 Å². The summed E-state index contributed by atoms with van der Waals surface area (Å²) in [6, 6.07) is 18.5. The summed E-state index contributed by atoms with van der Waals surface area (Å²) in [6.45, 7) is 0. The lowest BCUT2D eigenvalue weighted by molar-refractivity contribution is -0.119. The van der Waals surface area contributed by atoms with E-state index in [4.69, 9.17) is 0 Å². The summed E-state index contributed by atoms with van der Waals surface area (Å²) in [6.07, 6.45) is 10.3. The Morgan fingerprint density at radius 3 is 2.44 bits per heavy atom. The molecule has 0 saturated heterocycles. The van der Waals surface area contributed by atoms with Gasteiger partial charge in [-0.25, -0.2) is 0 Å². The first-order valence-electron chi connectivity index (χ1n) is 9.39. The molecule has 0 unspecified atom stereocenters. The van der Waals surface area contributed by atoms with Crippen LogP contribution < -0.4 is 5.32 Å². The standard InChI is InChI=1S/C23H25NO/c25-22(15-18-9-3-1-4-10-18)24-21-17-23(13-7-2-8-14-23)16-19-11-5-6-12-20(19)21/h1,3-6,9-12,17H,2,7-8,13-16H2,(H,24,25). The van der Waals surface area contributed by atoms with Crippen LogP contribution >= 0.6 is 0 Å². The summed E-state index contributed by atoms with van der Waals surface area (Å²) in [7, 11) is 0. The second-order valence-corrected chi connectivity index (χ2v) is 7.53. The lowest BCUT2D eigenvalue weighted by atomic mass is 9.66. The minimum Gasteiger partial charge on any atom is -0.326 e. The molecule has 25 heavy (non-hydrogen) atoms. The van der Waals surface area contributed by atoms with Gasteiger partial charge in [0, 0.05) is 11.3 Å². The van der Waals surface area contributed by atoms with Gasteiger partial charge in [0.15, 0.2) is 0 Å². The lowest BCUT2D eigenvalue weighted by Gasteiger charge is -2.39. The molecular weight excluding hydrogens is 306 g/mol. The predicted molar refractivity (Wildman–Crippen MR) is 102 cm³/mol. The number of nitrogens with one attached hydrogen (secondary N) is 1. The Hall–Kier alpha value is -2.35. The molecule has 0 radical (unpaired) electrons. The lowest BCUT2D eigenvalue weighted by Crippen LogP contribution is -2.33. The van der Waals surface area contributed by atoms with Gasteiger partial charge in [-0.3, -0.25) is 4.79 Å². The molecule has 1 saturated carbocycles. The van der Waals surface area contributed by atoms with Crippen molar-refractivity contribution in [1.29, 1.82) is 0 Å². The van der Waals surface area contributed by atoms with Crippen LogP contribution in [0.5, 0.6) is 0 Å². The highest BCUT2D eigenvalue weighted by molar-refractivity contribution is 5.89. The van der Waals surface area contributed by atoms with Gasteiger partial charge in [0.2, 0.25) is 5.91 Å². The fraction of sp³-hybridized carbons (Fsp3) is 0.348. The number of amides is 1. The molecule has 2 nitrogen and oxygen atoms in total. The highest BCUT2D eigenvalue weighted by atomic mass is 16.1. The van der Waals surface area contributed by atoms with Crippen molar-refractivity contribution >= 4 is 11.6 Å². The van der Waals surface area contributed by atoms with Crippen LogP contribution in [0, 0.1) is 5.41 Å². The van der Waals surface area contributed by atoms with Gasteiger partial charge in [-0.1, -0.05) is 79.9 Å². The van der Waals surface area contributed by atoms with Crippen LogP contribution in [0.25, 0.3) is 5.70 Å². The van der Waals surface area contributed by atoms with Crippen LogP contribution in [-0.4, -0.2) is 5.91 Å². The van der Waals surface area contributed by atoms with Gasteiger partial charge in [0.1, 0.15) is 0 Å². The van der Waals surface area contributed by atoms with Crippen molar-refractivity contribution in [2.75, 3.05) is 0 Å². The van der Waals surface area contributed by atoms with E-state index in [1.54, 1.807) is 0 Å². The van der Waals surface area contributed by atoms with E-state index in [0.717, 1.165) is 17.7 Å². The molecule has 1 amide bonds. The third kappa shape index (κ3) is 3.53. The monoisotopic (exact) mass is 331 g/mol. The third-order valence-corrected chi connectivity index (χ3v) is 5.63. The van der Waals surface area contributed by atoms with E-state index in [1.807, 2.05) is 30.3 Å². The molecule has 2 aromatic rings. The molecule has 1 N–H and O–H groups in total. The molecule has 2 aliphatic rings. The Balaban J connectivity index is 1.59. The van der Waals surface area contributed by atoms with E-state index in [1.165, 1.54) is 43.2 Å². The van der Waals surface area contributed by atoms with Crippen molar-refractivity contribution in [2.45, 2.75) is 44.9 Å². The first-order valence-corrected chi connectivity index (χ1v) is 9.39. The molecular formula is C23H25NO. The smallest absolute Gasteiger partial charge is 0.228 e. The fourth-order valence-electron chi connectivity index (χ4n) is 4.41. The van der Waals surface area contributed by atoms with Gasteiger partial charge < -0.3 is 5.32 Å². The van der Waals surface area contributed by atoms with E-state index < -0.39 is 0 Å². The molecule has 2 heteroatoms. The molecule has 1 spiro atoms. The number of allylic oxidation sites excluding steroid dienone is 1. The van der Waals surface area contributed by atoms with Crippen molar-refractivity contribution in [3.8, 4) is 0 Å². The second kappa shape index (κ2) is 6.87. The Kier molecular flexibility index (Phi) is 4.44. The summed E-state index contributed by atoms with van der Waals surface area (Å²) in [4.78, 5) is 12.6. The zero-order chi connectivity index (χ0) is 17.1. The van der Waals surface area contributed by atoms with Gasteiger partial charge in [0.25, 0.3) is 0 Å². The number of hydrogen-bond donors (Lipinski definition) is 1. The zero-order valence-corrected chi connectivity index (χ0v) is 14.6. The molecule has 0 aromatic heterocycles. The molecule has 0 atom stereocenters.